The van der Waals surface area contributed by atoms with Crippen molar-refractivity contribution >= 4 is 22.8 Å². The highest BCUT2D eigenvalue weighted by molar-refractivity contribution is 8.14. The van der Waals surface area contributed by atoms with Crippen molar-refractivity contribution in [3.8, 4) is 0 Å². The van der Waals surface area contributed by atoms with Gasteiger partial charge in [0.05, 0.1) is 5.92 Å². The summed E-state index contributed by atoms with van der Waals surface area (Å²) >= 11 is 1.15. The number of hydrogen-bond donors (Lipinski definition) is 1. The molecule has 2 aromatic rings. The Kier molecular flexibility index (Phi) is 7.07. The van der Waals surface area contributed by atoms with Crippen LogP contribution in [0.4, 0.5) is 0 Å². The largest absolute Gasteiger partial charge is 0.481 e. The van der Waals surface area contributed by atoms with Gasteiger partial charge in [0.2, 0.25) is 0 Å². The number of thioether (sulfide) groups is 1. The van der Waals surface area contributed by atoms with Crippen LogP contribution in [0.1, 0.15) is 24.5 Å². The molecule has 126 valence electrons. The van der Waals surface area contributed by atoms with Crippen LogP contribution in [0.25, 0.3) is 0 Å². The number of carbonyl (C=O) groups is 2. The van der Waals surface area contributed by atoms with Gasteiger partial charge in [-0.15, -0.1) is 0 Å². The summed E-state index contributed by atoms with van der Waals surface area (Å²) in [5, 5.41) is 9.42. The van der Waals surface area contributed by atoms with Gasteiger partial charge in [0.25, 0.3) is 0 Å². The first-order chi connectivity index (χ1) is 11.6. The molecule has 4 heteroatoms. The van der Waals surface area contributed by atoms with E-state index in [1.54, 1.807) is 0 Å². The highest BCUT2D eigenvalue weighted by Crippen LogP contribution is 2.28. The second kappa shape index (κ2) is 9.28. The van der Waals surface area contributed by atoms with Crippen LogP contribution in [-0.4, -0.2) is 21.4 Å². The molecular weight excluding hydrogens is 320 g/mol. The Morgan fingerprint density at radius 1 is 0.958 bits per heavy atom. The summed E-state index contributed by atoms with van der Waals surface area (Å²) in [5.41, 5.74) is 2.15. The van der Waals surface area contributed by atoms with Gasteiger partial charge >= 0.3 is 5.97 Å². The van der Waals surface area contributed by atoms with Crippen molar-refractivity contribution < 1.29 is 14.7 Å². The van der Waals surface area contributed by atoms with Crippen LogP contribution in [0.3, 0.4) is 0 Å². The van der Waals surface area contributed by atoms with Gasteiger partial charge in [-0.05, 0) is 30.4 Å². The number of benzene rings is 2. The Morgan fingerprint density at radius 3 is 2.00 bits per heavy atom. The molecular formula is C20H22O3S. The highest BCUT2D eigenvalue weighted by Gasteiger charge is 2.29. The van der Waals surface area contributed by atoms with Gasteiger partial charge in [-0.25, -0.2) is 0 Å². The fraction of sp³-hybridized carbons (Fsp3) is 0.300. The van der Waals surface area contributed by atoms with E-state index < -0.39 is 11.9 Å². The molecule has 0 unspecified atom stereocenters. The van der Waals surface area contributed by atoms with Gasteiger partial charge in [-0.1, -0.05) is 72.4 Å². The zero-order valence-corrected chi connectivity index (χ0v) is 14.5. The number of rotatable bonds is 8. The average Bonchev–Trinajstić information content (AvgIpc) is 2.58. The minimum Gasteiger partial charge on any atom is -0.481 e. The molecule has 0 spiro atoms. The number of hydrogen-bond acceptors (Lipinski definition) is 3. The highest BCUT2D eigenvalue weighted by atomic mass is 32.2. The topological polar surface area (TPSA) is 54.4 Å². The molecule has 0 aliphatic rings. The van der Waals surface area contributed by atoms with Crippen LogP contribution in [0, 0.1) is 5.92 Å². The van der Waals surface area contributed by atoms with E-state index in [4.69, 9.17) is 0 Å². The maximum Gasteiger partial charge on any atom is 0.307 e. The summed E-state index contributed by atoms with van der Waals surface area (Å²) in [4.78, 5) is 23.4. The van der Waals surface area contributed by atoms with Gasteiger partial charge in [-0.3, -0.25) is 9.59 Å². The fourth-order valence-electron chi connectivity index (χ4n) is 2.75. The van der Waals surface area contributed by atoms with Crippen molar-refractivity contribution in [3.63, 3.8) is 0 Å². The van der Waals surface area contributed by atoms with Gasteiger partial charge in [0, 0.05) is 12.2 Å². The summed E-state index contributed by atoms with van der Waals surface area (Å²) in [6.45, 7) is 1.50. The lowest BCUT2D eigenvalue weighted by Gasteiger charge is -2.23. The lowest BCUT2D eigenvalue weighted by Crippen LogP contribution is -2.29. The van der Waals surface area contributed by atoms with E-state index in [0.29, 0.717) is 12.8 Å². The normalized spacial score (nSPS) is 13.2. The standard InChI is InChI=1S/C20H22O3S/c1-15(21)24-19(13-12-16-8-4-2-5-9-16)18(20(22)23)14-17-10-6-3-7-11-17/h2-11,18-19H,12-14H2,1H3,(H,22,23)/t18-,19-/m0/s1. The monoisotopic (exact) mass is 342 g/mol. The van der Waals surface area contributed by atoms with E-state index in [-0.39, 0.29) is 10.4 Å². The number of carbonyl (C=O) groups excluding carboxylic acids is 1. The summed E-state index contributed by atoms with van der Waals surface area (Å²) in [6.07, 6.45) is 1.87. The van der Waals surface area contributed by atoms with Gasteiger partial charge in [0.1, 0.15) is 0 Å². The first kappa shape index (κ1) is 18.3. The predicted molar refractivity (Wildman–Crippen MR) is 98.1 cm³/mol. The van der Waals surface area contributed by atoms with Crippen LogP contribution in [0.5, 0.6) is 0 Å². The van der Waals surface area contributed by atoms with Crippen molar-refractivity contribution in [2.75, 3.05) is 0 Å². The number of carboxylic acid groups (broad SMARTS) is 1. The van der Waals surface area contributed by atoms with Crippen molar-refractivity contribution in [1.29, 1.82) is 0 Å². The van der Waals surface area contributed by atoms with E-state index in [2.05, 4.69) is 0 Å². The molecule has 3 nitrogen and oxygen atoms in total. The van der Waals surface area contributed by atoms with E-state index in [1.807, 2.05) is 60.7 Å². The van der Waals surface area contributed by atoms with E-state index in [0.717, 1.165) is 29.3 Å². The molecule has 0 radical (unpaired) electrons. The number of aliphatic carboxylic acids is 1. The predicted octanol–water partition coefficient (Wildman–Crippen LogP) is 4.21. The maximum absolute atomic E-state index is 11.8. The molecule has 0 bridgehead atoms. The summed E-state index contributed by atoms with van der Waals surface area (Å²) in [7, 11) is 0. The maximum atomic E-state index is 11.8. The Bertz CT molecular complexity index is 655. The number of carboxylic acids is 1. The molecule has 2 rings (SSSR count). The van der Waals surface area contributed by atoms with Crippen LogP contribution in [-0.2, 0) is 22.4 Å². The summed E-state index contributed by atoms with van der Waals surface area (Å²) in [6, 6.07) is 19.6. The van der Waals surface area contributed by atoms with Crippen molar-refractivity contribution in [2.45, 2.75) is 31.4 Å². The average molecular weight is 342 g/mol. The molecule has 2 atom stereocenters. The van der Waals surface area contributed by atoms with E-state index in [1.165, 1.54) is 6.92 Å². The molecule has 0 amide bonds. The van der Waals surface area contributed by atoms with Crippen molar-refractivity contribution in [2.24, 2.45) is 5.92 Å². The zero-order valence-electron chi connectivity index (χ0n) is 13.7. The second-order valence-corrected chi connectivity index (χ2v) is 7.22. The van der Waals surface area contributed by atoms with E-state index >= 15 is 0 Å². The molecule has 0 heterocycles. The molecule has 2 aromatic carbocycles. The third kappa shape index (κ3) is 5.85. The Morgan fingerprint density at radius 2 is 1.50 bits per heavy atom. The zero-order chi connectivity index (χ0) is 17.4. The van der Waals surface area contributed by atoms with Gasteiger partial charge in [-0.2, -0.15) is 0 Å². The lowest BCUT2D eigenvalue weighted by atomic mass is 9.92. The molecule has 0 aromatic heterocycles. The fourth-order valence-corrected chi connectivity index (χ4v) is 3.79. The van der Waals surface area contributed by atoms with Crippen molar-refractivity contribution in [3.05, 3.63) is 71.8 Å². The SMILES string of the molecule is CC(=O)S[C@@H](CCc1ccccc1)[C@H](Cc1ccccc1)C(=O)O. The third-order valence-corrected chi connectivity index (χ3v) is 5.14. The van der Waals surface area contributed by atoms with Gasteiger partial charge in [0.15, 0.2) is 5.12 Å². The second-order valence-electron chi connectivity index (χ2n) is 5.81. The number of aryl methyl sites for hydroxylation is 1. The molecule has 0 aliphatic heterocycles. The molecule has 0 saturated heterocycles. The van der Waals surface area contributed by atoms with Crippen LogP contribution < -0.4 is 0 Å². The van der Waals surface area contributed by atoms with Crippen LogP contribution >= 0.6 is 11.8 Å². The summed E-state index contributed by atoms with van der Waals surface area (Å²) in [5.74, 6) is -1.42. The minimum atomic E-state index is -0.842. The Labute approximate surface area is 147 Å². The minimum absolute atomic E-state index is 0.0348. The first-order valence-corrected chi connectivity index (χ1v) is 8.92. The lowest BCUT2D eigenvalue weighted by molar-refractivity contribution is -0.141. The Hall–Kier alpha value is -2.07. The molecule has 0 saturated carbocycles. The van der Waals surface area contributed by atoms with E-state index in [9.17, 15) is 14.7 Å². The first-order valence-electron chi connectivity index (χ1n) is 8.04. The van der Waals surface area contributed by atoms with Gasteiger partial charge < -0.3 is 5.11 Å². The Balaban J connectivity index is 2.12. The smallest absolute Gasteiger partial charge is 0.307 e. The molecule has 24 heavy (non-hydrogen) atoms. The molecule has 0 aliphatic carbocycles. The summed E-state index contributed by atoms with van der Waals surface area (Å²) < 4.78 is 0. The molecule has 0 fully saturated rings. The third-order valence-electron chi connectivity index (χ3n) is 3.94. The van der Waals surface area contributed by atoms with Crippen LogP contribution in [0.2, 0.25) is 0 Å². The van der Waals surface area contributed by atoms with Crippen molar-refractivity contribution in [1.82, 2.24) is 0 Å². The quantitative estimate of drug-likeness (QED) is 0.781. The molecule has 1 N–H and O–H groups in total. The van der Waals surface area contributed by atoms with Crippen LogP contribution in [0.15, 0.2) is 60.7 Å².